The van der Waals surface area contributed by atoms with E-state index >= 15 is 0 Å². The van der Waals surface area contributed by atoms with E-state index < -0.39 is 43.0 Å². The molecular formula is C11H16F11N2+. The van der Waals surface area contributed by atoms with Gasteiger partial charge in [0.2, 0.25) is 0 Å². The predicted octanol–water partition coefficient (Wildman–Crippen LogP) is 3.39. The average Bonchev–Trinajstić information content (AvgIpc) is 2.31. The molecule has 0 unspecified atom stereocenters. The molecule has 24 heavy (non-hydrogen) atoms. The van der Waals surface area contributed by atoms with Gasteiger partial charge in [-0.15, -0.1) is 0 Å². The van der Waals surface area contributed by atoms with Crippen LogP contribution in [0.4, 0.5) is 48.3 Å². The van der Waals surface area contributed by atoms with Gasteiger partial charge in [-0.05, 0) is 0 Å². The summed E-state index contributed by atoms with van der Waals surface area (Å²) in [5, 5.41) is 1.65. The summed E-state index contributed by atoms with van der Waals surface area (Å²) >= 11 is 0. The van der Waals surface area contributed by atoms with Gasteiger partial charge in [0.1, 0.15) is 0 Å². The molecule has 0 fully saturated rings. The lowest BCUT2D eigenvalue weighted by atomic mass is 9.98. The van der Waals surface area contributed by atoms with Crippen LogP contribution in [0.3, 0.4) is 0 Å². The maximum atomic E-state index is 13.2. The second kappa shape index (κ2) is 6.46. The van der Waals surface area contributed by atoms with E-state index in [2.05, 4.69) is 0 Å². The third kappa shape index (κ3) is 4.41. The summed E-state index contributed by atoms with van der Waals surface area (Å²) in [5.74, 6) is -27.5. The van der Waals surface area contributed by atoms with Gasteiger partial charge in [-0.3, -0.25) is 0 Å². The van der Waals surface area contributed by atoms with Gasteiger partial charge in [0.15, 0.2) is 0 Å². The first-order valence-electron chi connectivity index (χ1n) is 6.30. The number of rotatable bonds is 8. The molecule has 0 aliphatic heterocycles. The summed E-state index contributed by atoms with van der Waals surface area (Å²) in [5.41, 5.74) is 0. The van der Waals surface area contributed by atoms with Crippen LogP contribution in [0.25, 0.3) is 0 Å². The Hall–Kier alpha value is -0.850. The zero-order chi connectivity index (χ0) is 19.8. The Bertz CT molecular complexity index is 423. The molecule has 0 heterocycles. The molecule has 0 saturated carbocycles. The summed E-state index contributed by atoms with van der Waals surface area (Å²) in [6.45, 7) is -2.53. The van der Waals surface area contributed by atoms with E-state index in [1.54, 1.807) is 26.5 Å². The van der Waals surface area contributed by atoms with Gasteiger partial charge >= 0.3 is 29.9 Å². The van der Waals surface area contributed by atoms with E-state index in [4.69, 9.17) is 0 Å². The highest BCUT2D eigenvalue weighted by Crippen LogP contribution is 2.57. The van der Waals surface area contributed by atoms with Crippen LogP contribution in [0.15, 0.2) is 0 Å². The molecule has 0 rings (SSSR count). The van der Waals surface area contributed by atoms with Crippen LogP contribution in [-0.2, 0) is 0 Å². The van der Waals surface area contributed by atoms with E-state index in [1.807, 2.05) is 0 Å². The van der Waals surface area contributed by atoms with Gasteiger partial charge in [-0.25, -0.2) is 0 Å². The van der Waals surface area contributed by atoms with Gasteiger partial charge in [-0.2, -0.15) is 48.3 Å². The third-order valence-electron chi connectivity index (χ3n) is 2.91. The van der Waals surface area contributed by atoms with Crippen molar-refractivity contribution in [2.24, 2.45) is 0 Å². The second-order valence-corrected chi connectivity index (χ2v) is 6.12. The average molecular weight is 385 g/mol. The fourth-order valence-corrected chi connectivity index (χ4v) is 1.38. The number of alkyl halides is 11. The monoisotopic (exact) mass is 385 g/mol. The number of hydrogen-bond acceptors (Lipinski definition) is 1. The first-order chi connectivity index (χ1) is 10.2. The molecule has 2 nitrogen and oxygen atoms in total. The van der Waals surface area contributed by atoms with Gasteiger partial charge in [0.25, 0.3) is 0 Å². The van der Waals surface area contributed by atoms with Gasteiger partial charge in [0, 0.05) is 6.54 Å². The quantitative estimate of drug-likeness (QED) is 0.384. The molecule has 0 amide bonds. The van der Waals surface area contributed by atoms with E-state index in [0.29, 0.717) is 0 Å². The maximum Gasteiger partial charge on any atom is 0.460 e. The summed E-state index contributed by atoms with van der Waals surface area (Å²) in [6.07, 6.45) is -7.13. The fourth-order valence-electron chi connectivity index (χ4n) is 1.38. The van der Waals surface area contributed by atoms with Crippen molar-refractivity contribution in [1.29, 1.82) is 0 Å². The Morgan fingerprint density at radius 3 is 1.42 bits per heavy atom. The molecular weight excluding hydrogens is 369 g/mol. The Morgan fingerprint density at radius 2 is 1.08 bits per heavy atom. The van der Waals surface area contributed by atoms with E-state index in [-0.39, 0.29) is 11.0 Å². The summed E-state index contributed by atoms with van der Waals surface area (Å²) in [4.78, 5) is 0. The standard InChI is InChI=1S/C11H16F11N2/c1-24(2,3)5-4-23-6-7(12,13)8(14,15)9(16,17)10(18,19)11(20,21)22/h23H,4-6H2,1-3H3/q+1. The molecule has 13 heteroatoms. The van der Waals surface area contributed by atoms with Crippen molar-refractivity contribution in [3.63, 3.8) is 0 Å². The minimum atomic E-state index is -7.34. The topological polar surface area (TPSA) is 12.0 Å². The molecule has 0 aliphatic rings. The number of hydrogen-bond donors (Lipinski definition) is 1. The zero-order valence-corrected chi connectivity index (χ0v) is 12.7. The zero-order valence-electron chi connectivity index (χ0n) is 12.7. The van der Waals surface area contributed by atoms with Crippen molar-refractivity contribution in [2.45, 2.75) is 29.9 Å². The first-order valence-corrected chi connectivity index (χ1v) is 6.30. The Morgan fingerprint density at radius 1 is 0.667 bits per heavy atom. The molecule has 0 atom stereocenters. The SMILES string of the molecule is C[N+](C)(C)CCNCC(F)(F)C(F)(F)C(F)(F)C(F)(F)C(F)(F)F. The number of likely N-dealkylation sites (N-methyl/N-ethyl adjacent to an activating group) is 1. The smallest absolute Gasteiger partial charge is 0.330 e. The van der Waals surface area contributed by atoms with Crippen LogP contribution in [0.2, 0.25) is 0 Å². The maximum absolute atomic E-state index is 13.2. The van der Waals surface area contributed by atoms with Crippen molar-refractivity contribution < 1.29 is 52.8 Å². The summed E-state index contributed by atoms with van der Waals surface area (Å²) in [7, 11) is 4.73. The van der Waals surface area contributed by atoms with Crippen molar-refractivity contribution in [3.05, 3.63) is 0 Å². The highest BCUT2D eigenvalue weighted by molar-refractivity contribution is 5.06. The number of nitrogens with one attached hydrogen (secondary N) is 1. The van der Waals surface area contributed by atoms with Gasteiger partial charge < -0.3 is 9.80 Å². The van der Waals surface area contributed by atoms with Gasteiger partial charge in [-0.1, -0.05) is 0 Å². The van der Waals surface area contributed by atoms with E-state index in [9.17, 15) is 48.3 Å². The van der Waals surface area contributed by atoms with Crippen LogP contribution in [-0.4, -0.2) is 75.1 Å². The lowest BCUT2D eigenvalue weighted by Crippen LogP contribution is -2.68. The number of nitrogens with zero attached hydrogens (tertiary/aromatic N) is 1. The largest absolute Gasteiger partial charge is 0.460 e. The van der Waals surface area contributed by atoms with Gasteiger partial charge in [0.05, 0.1) is 34.2 Å². The van der Waals surface area contributed by atoms with Crippen LogP contribution in [0.5, 0.6) is 0 Å². The Labute approximate surface area is 130 Å². The molecule has 0 saturated heterocycles. The van der Waals surface area contributed by atoms with Crippen LogP contribution in [0, 0.1) is 0 Å². The molecule has 0 spiro atoms. The van der Waals surface area contributed by atoms with Crippen LogP contribution >= 0.6 is 0 Å². The summed E-state index contributed by atoms with van der Waals surface area (Å²) in [6, 6.07) is 0. The molecule has 0 aromatic carbocycles. The second-order valence-electron chi connectivity index (χ2n) is 6.12. The van der Waals surface area contributed by atoms with Crippen molar-refractivity contribution >= 4 is 0 Å². The van der Waals surface area contributed by atoms with Crippen molar-refractivity contribution in [2.75, 3.05) is 40.8 Å². The molecule has 1 N–H and O–H groups in total. The van der Waals surface area contributed by atoms with Crippen molar-refractivity contribution in [1.82, 2.24) is 5.32 Å². The molecule has 0 radical (unpaired) electrons. The Kier molecular flexibility index (Phi) is 6.24. The third-order valence-corrected chi connectivity index (χ3v) is 2.91. The van der Waals surface area contributed by atoms with E-state index in [1.165, 1.54) is 0 Å². The lowest BCUT2D eigenvalue weighted by molar-refractivity contribution is -0.869. The first kappa shape index (κ1) is 23.1. The molecule has 0 aromatic heterocycles. The number of quaternary nitrogens is 1. The molecule has 0 aromatic rings. The highest BCUT2D eigenvalue weighted by Gasteiger charge is 2.86. The van der Waals surface area contributed by atoms with Crippen LogP contribution in [0.1, 0.15) is 0 Å². The minimum absolute atomic E-state index is 0.0662. The van der Waals surface area contributed by atoms with E-state index in [0.717, 1.165) is 0 Å². The highest BCUT2D eigenvalue weighted by atomic mass is 19.4. The number of halogens is 11. The van der Waals surface area contributed by atoms with Crippen LogP contribution < -0.4 is 5.32 Å². The summed E-state index contributed by atoms with van der Waals surface area (Å²) < 4.78 is 140. The predicted molar refractivity (Wildman–Crippen MR) is 61.6 cm³/mol. The minimum Gasteiger partial charge on any atom is -0.330 e. The lowest BCUT2D eigenvalue weighted by Gasteiger charge is -2.37. The Balaban J connectivity index is 5.32. The molecule has 0 aliphatic carbocycles. The molecule has 146 valence electrons. The fraction of sp³-hybridized carbons (Fsp3) is 1.00. The van der Waals surface area contributed by atoms with Crippen molar-refractivity contribution in [3.8, 4) is 0 Å². The molecule has 0 bridgehead atoms. The normalized spacial score (nSPS) is 15.8.